The lowest BCUT2D eigenvalue weighted by Crippen LogP contribution is -2.47. The zero-order chi connectivity index (χ0) is 16.9. The summed E-state index contributed by atoms with van der Waals surface area (Å²) in [5, 5.41) is 0. The quantitative estimate of drug-likeness (QED) is 0.801. The van der Waals surface area contributed by atoms with E-state index >= 15 is 0 Å². The van der Waals surface area contributed by atoms with Crippen LogP contribution in [0.1, 0.15) is 19.8 Å². The summed E-state index contributed by atoms with van der Waals surface area (Å²) in [6.45, 7) is 8.01. The molecule has 0 atom stereocenters. The van der Waals surface area contributed by atoms with Gasteiger partial charge < -0.3 is 14.5 Å². The molecule has 2 fully saturated rings. The Morgan fingerprint density at radius 2 is 1.83 bits per heavy atom. The Hall–Kier alpha value is -1.82. The maximum Gasteiger partial charge on any atom is 0.320 e. The van der Waals surface area contributed by atoms with Crippen molar-refractivity contribution in [2.75, 3.05) is 45.9 Å². The third-order valence-electron chi connectivity index (χ3n) is 5.00. The maximum absolute atomic E-state index is 12.8. The second kappa shape index (κ2) is 7.83. The van der Waals surface area contributed by atoms with E-state index in [2.05, 4.69) is 9.80 Å². The number of amides is 2. The number of hydrogen-bond acceptors (Lipinski definition) is 3. The lowest BCUT2D eigenvalue weighted by Gasteiger charge is -2.36. The summed E-state index contributed by atoms with van der Waals surface area (Å²) in [5.41, 5.74) is 0. The fraction of sp³-hybridized carbons (Fsp3) is 0.611. The lowest BCUT2D eigenvalue weighted by molar-refractivity contribution is 0.119. The molecule has 0 radical (unpaired) electrons. The number of ether oxygens (including phenoxy) is 1. The third kappa shape index (κ3) is 3.98. The van der Waals surface area contributed by atoms with Crippen LogP contribution in [0.4, 0.5) is 9.18 Å². The number of rotatable bonds is 6. The topological polar surface area (TPSA) is 36.0 Å². The summed E-state index contributed by atoms with van der Waals surface area (Å²) >= 11 is 0. The average molecular weight is 335 g/mol. The molecule has 2 aliphatic rings. The smallest absolute Gasteiger partial charge is 0.320 e. The lowest BCUT2D eigenvalue weighted by atomic mass is 10.0. The molecule has 132 valence electrons. The minimum atomic E-state index is -0.248. The molecule has 0 spiro atoms. The van der Waals surface area contributed by atoms with Gasteiger partial charge in [-0.15, -0.1) is 0 Å². The van der Waals surface area contributed by atoms with Gasteiger partial charge in [0.1, 0.15) is 18.2 Å². The van der Waals surface area contributed by atoms with Crippen LogP contribution < -0.4 is 4.74 Å². The number of likely N-dealkylation sites (N-methyl/N-ethyl adjacent to an activating group) is 1. The van der Waals surface area contributed by atoms with Crippen molar-refractivity contribution >= 4 is 6.03 Å². The Morgan fingerprint density at radius 1 is 1.12 bits per heavy atom. The van der Waals surface area contributed by atoms with Crippen LogP contribution in [0.25, 0.3) is 0 Å². The van der Waals surface area contributed by atoms with Gasteiger partial charge in [0.15, 0.2) is 0 Å². The summed E-state index contributed by atoms with van der Waals surface area (Å²) in [6.07, 6.45) is 2.06. The van der Waals surface area contributed by atoms with Crippen molar-refractivity contribution in [3.63, 3.8) is 0 Å². The van der Waals surface area contributed by atoms with Gasteiger partial charge in [-0.05, 0) is 44.0 Å². The molecule has 2 heterocycles. The highest BCUT2D eigenvalue weighted by molar-refractivity contribution is 5.76. The monoisotopic (exact) mass is 335 g/mol. The Morgan fingerprint density at radius 3 is 2.46 bits per heavy atom. The minimum absolute atomic E-state index is 0.204. The molecule has 3 rings (SSSR count). The number of urea groups is 1. The maximum atomic E-state index is 12.8. The number of halogens is 1. The van der Waals surface area contributed by atoms with Crippen LogP contribution in [0.2, 0.25) is 0 Å². The fourth-order valence-electron chi connectivity index (χ4n) is 3.51. The number of piperidine rings is 1. The minimum Gasteiger partial charge on any atom is -0.492 e. The van der Waals surface area contributed by atoms with E-state index in [0.717, 1.165) is 52.1 Å². The van der Waals surface area contributed by atoms with E-state index in [1.807, 2.05) is 11.8 Å². The zero-order valence-corrected chi connectivity index (χ0v) is 14.3. The first-order valence-electron chi connectivity index (χ1n) is 8.83. The molecule has 0 bridgehead atoms. The molecule has 2 saturated heterocycles. The van der Waals surface area contributed by atoms with Gasteiger partial charge in [0, 0.05) is 45.3 Å². The molecule has 2 amide bonds. The van der Waals surface area contributed by atoms with Crippen molar-refractivity contribution in [3.05, 3.63) is 30.1 Å². The first kappa shape index (κ1) is 17.0. The number of hydrogen-bond donors (Lipinski definition) is 0. The molecule has 5 nitrogen and oxygen atoms in total. The van der Waals surface area contributed by atoms with Gasteiger partial charge >= 0.3 is 6.03 Å². The Balaban J connectivity index is 1.38. The normalized spacial score (nSPS) is 20.0. The fourth-order valence-corrected chi connectivity index (χ4v) is 3.51. The van der Waals surface area contributed by atoms with E-state index in [-0.39, 0.29) is 11.8 Å². The average Bonchev–Trinajstić information content (AvgIpc) is 2.98. The van der Waals surface area contributed by atoms with Crippen LogP contribution in [-0.2, 0) is 0 Å². The van der Waals surface area contributed by atoms with Gasteiger partial charge in [-0.2, -0.15) is 0 Å². The van der Waals surface area contributed by atoms with Crippen LogP contribution in [0.15, 0.2) is 24.3 Å². The standard InChI is InChI=1S/C18H26FN3O2/c1-2-21-11-12-22(18(21)23)16-7-9-20(10-8-16)13-14-24-17-5-3-15(19)4-6-17/h3-6,16H,2,7-14H2,1H3. The van der Waals surface area contributed by atoms with Crippen LogP contribution in [0.3, 0.4) is 0 Å². The largest absolute Gasteiger partial charge is 0.492 e. The van der Waals surface area contributed by atoms with Crippen molar-refractivity contribution in [2.45, 2.75) is 25.8 Å². The van der Waals surface area contributed by atoms with E-state index in [0.29, 0.717) is 18.4 Å². The molecular weight excluding hydrogens is 309 g/mol. The summed E-state index contributed by atoms with van der Waals surface area (Å²) in [6, 6.07) is 6.71. The van der Waals surface area contributed by atoms with Crippen molar-refractivity contribution in [2.24, 2.45) is 0 Å². The van der Waals surface area contributed by atoms with Crippen LogP contribution in [0, 0.1) is 5.82 Å². The first-order chi connectivity index (χ1) is 11.7. The molecule has 2 aliphatic heterocycles. The number of nitrogens with zero attached hydrogens (tertiary/aromatic N) is 3. The van der Waals surface area contributed by atoms with Gasteiger partial charge in [0.2, 0.25) is 0 Å². The molecule has 0 N–H and O–H groups in total. The van der Waals surface area contributed by atoms with Crippen molar-refractivity contribution in [3.8, 4) is 5.75 Å². The Bertz CT molecular complexity index is 544. The molecule has 0 aliphatic carbocycles. The van der Waals surface area contributed by atoms with Crippen molar-refractivity contribution < 1.29 is 13.9 Å². The van der Waals surface area contributed by atoms with Gasteiger partial charge in [0.25, 0.3) is 0 Å². The molecular formula is C18H26FN3O2. The number of carbonyl (C=O) groups excluding carboxylic acids is 1. The number of likely N-dealkylation sites (tertiary alicyclic amines) is 1. The second-order valence-corrected chi connectivity index (χ2v) is 6.43. The molecule has 1 aromatic rings. The SMILES string of the molecule is CCN1CCN(C2CCN(CCOc3ccc(F)cc3)CC2)C1=O. The Labute approximate surface area is 143 Å². The van der Waals surface area contributed by atoms with E-state index < -0.39 is 0 Å². The second-order valence-electron chi connectivity index (χ2n) is 6.43. The Kier molecular flexibility index (Phi) is 5.56. The number of benzene rings is 1. The highest BCUT2D eigenvalue weighted by Crippen LogP contribution is 2.21. The van der Waals surface area contributed by atoms with Crippen LogP contribution in [0.5, 0.6) is 5.75 Å². The predicted molar refractivity (Wildman–Crippen MR) is 90.7 cm³/mol. The van der Waals surface area contributed by atoms with Gasteiger partial charge in [-0.1, -0.05) is 0 Å². The third-order valence-corrected chi connectivity index (χ3v) is 5.00. The first-order valence-corrected chi connectivity index (χ1v) is 8.83. The van der Waals surface area contributed by atoms with E-state index in [1.165, 1.54) is 12.1 Å². The summed E-state index contributed by atoms with van der Waals surface area (Å²) < 4.78 is 18.5. The van der Waals surface area contributed by atoms with E-state index in [1.54, 1.807) is 12.1 Å². The van der Waals surface area contributed by atoms with Crippen molar-refractivity contribution in [1.29, 1.82) is 0 Å². The zero-order valence-electron chi connectivity index (χ0n) is 14.3. The van der Waals surface area contributed by atoms with E-state index in [9.17, 15) is 9.18 Å². The molecule has 1 aromatic carbocycles. The summed E-state index contributed by atoms with van der Waals surface area (Å²) in [5.74, 6) is 0.455. The van der Waals surface area contributed by atoms with Gasteiger partial charge in [-0.3, -0.25) is 4.90 Å². The van der Waals surface area contributed by atoms with Gasteiger partial charge in [-0.25, -0.2) is 9.18 Å². The molecule has 24 heavy (non-hydrogen) atoms. The molecule has 0 saturated carbocycles. The summed E-state index contributed by atoms with van der Waals surface area (Å²) in [7, 11) is 0. The molecule has 0 unspecified atom stereocenters. The van der Waals surface area contributed by atoms with E-state index in [4.69, 9.17) is 4.74 Å². The van der Waals surface area contributed by atoms with Gasteiger partial charge in [0.05, 0.1) is 0 Å². The van der Waals surface area contributed by atoms with Crippen LogP contribution >= 0.6 is 0 Å². The molecule has 0 aromatic heterocycles. The van der Waals surface area contributed by atoms with Crippen molar-refractivity contribution in [1.82, 2.24) is 14.7 Å². The highest BCUT2D eigenvalue weighted by Gasteiger charge is 2.34. The highest BCUT2D eigenvalue weighted by atomic mass is 19.1. The predicted octanol–water partition coefficient (Wildman–Crippen LogP) is 2.43. The van der Waals surface area contributed by atoms with Crippen LogP contribution in [-0.4, -0.2) is 72.6 Å². The molecule has 6 heteroatoms. The number of carbonyl (C=O) groups is 1. The summed E-state index contributed by atoms with van der Waals surface area (Å²) in [4.78, 5) is 18.6.